The Hall–Kier alpha value is -2.11. The zero-order valence-corrected chi connectivity index (χ0v) is 15.6. The third-order valence-electron chi connectivity index (χ3n) is 4.63. The first-order valence-electron chi connectivity index (χ1n) is 8.77. The van der Waals surface area contributed by atoms with Crippen LogP contribution in [0.4, 0.5) is 0 Å². The Morgan fingerprint density at radius 3 is 2.92 bits per heavy atom. The highest BCUT2D eigenvalue weighted by Gasteiger charge is 2.32. The molecule has 1 aliphatic rings. The minimum Gasteiger partial charge on any atom is -0.491 e. The highest BCUT2D eigenvalue weighted by Crippen LogP contribution is 2.26. The molecule has 1 fully saturated rings. The van der Waals surface area contributed by atoms with Crippen molar-refractivity contribution in [2.45, 2.75) is 31.8 Å². The molecule has 3 rings (SSSR count). The number of ether oxygens (including phenoxy) is 1. The van der Waals surface area contributed by atoms with E-state index in [1.165, 1.54) is 0 Å². The summed E-state index contributed by atoms with van der Waals surface area (Å²) in [5.74, 6) is 0.593. The fraction of sp³-hybridized carbons (Fsp3) is 0.400. The summed E-state index contributed by atoms with van der Waals surface area (Å²) in [5, 5.41) is 11.5. The van der Waals surface area contributed by atoms with Crippen LogP contribution < -0.4 is 4.74 Å². The van der Waals surface area contributed by atoms with Crippen LogP contribution in [-0.2, 0) is 0 Å². The van der Waals surface area contributed by atoms with E-state index in [9.17, 15) is 9.90 Å². The summed E-state index contributed by atoms with van der Waals surface area (Å²) in [6, 6.07) is 8.97. The summed E-state index contributed by atoms with van der Waals surface area (Å²) in [6.45, 7) is 3.20. The number of hydrogen-bond acceptors (Lipinski definition) is 4. The topological polar surface area (TPSA) is 62.7 Å². The molecular formula is C20H23ClN2O3. The number of aromatic nitrogens is 1. The molecule has 1 aromatic heterocycles. The number of nitrogens with zero attached hydrogens (tertiary/aromatic N) is 2. The van der Waals surface area contributed by atoms with Crippen LogP contribution in [0.5, 0.6) is 5.75 Å². The van der Waals surface area contributed by atoms with E-state index in [1.54, 1.807) is 29.4 Å². The summed E-state index contributed by atoms with van der Waals surface area (Å²) < 4.78 is 5.73. The maximum absolute atomic E-state index is 12.7. The van der Waals surface area contributed by atoms with Gasteiger partial charge in [0.25, 0.3) is 5.91 Å². The smallest absolute Gasteiger partial charge is 0.255 e. The van der Waals surface area contributed by atoms with Crippen LogP contribution in [0, 0.1) is 6.92 Å². The van der Waals surface area contributed by atoms with E-state index >= 15 is 0 Å². The van der Waals surface area contributed by atoms with Gasteiger partial charge in [-0.25, -0.2) is 0 Å². The molecule has 5 nitrogen and oxygen atoms in total. The normalized spacial score (nSPS) is 20.5. The van der Waals surface area contributed by atoms with Crippen molar-refractivity contribution in [2.75, 3.05) is 19.7 Å². The summed E-state index contributed by atoms with van der Waals surface area (Å²) in [5.41, 5.74) is 0.588. The van der Waals surface area contributed by atoms with Crippen LogP contribution in [0.25, 0.3) is 0 Å². The highest BCUT2D eigenvalue weighted by molar-refractivity contribution is 6.30. The number of aryl methyl sites for hydroxylation is 1. The quantitative estimate of drug-likeness (QED) is 0.889. The molecule has 1 saturated heterocycles. The number of halogens is 1. The van der Waals surface area contributed by atoms with E-state index in [1.807, 2.05) is 25.1 Å². The molecule has 0 saturated carbocycles. The Balaban J connectivity index is 1.61. The zero-order valence-electron chi connectivity index (χ0n) is 14.8. The Morgan fingerprint density at radius 2 is 2.15 bits per heavy atom. The maximum atomic E-state index is 12.7. The second-order valence-corrected chi connectivity index (χ2v) is 7.30. The number of carbonyl (C=O) groups excluding carboxylic acids is 1. The van der Waals surface area contributed by atoms with Crippen LogP contribution in [0.15, 0.2) is 42.7 Å². The van der Waals surface area contributed by atoms with Gasteiger partial charge in [0.05, 0.1) is 5.56 Å². The van der Waals surface area contributed by atoms with Gasteiger partial charge in [0.1, 0.15) is 18.0 Å². The largest absolute Gasteiger partial charge is 0.491 e. The zero-order chi connectivity index (χ0) is 18.6. The van der Waals surface area contributed by atoms with E-state index in [0.717, 1.165) is 12.0 Å². The van der Waals surface area contributed by atoms with Crippen molar-refractivity contribution >= 4 is 17.5 Å². The third-order valence-corrected chi connectivity index (χ3v) is 4.87. The predicted molar refractivity (Wildman–Crippen MR) is 101 cm³/mol. The number of benzene rings is 1. The lowest BCUT2D eigenvalue weighted by Crippen LogP contribution is -2.38. The number of hydrogen-bond donors (Lipinski definition) is 1. The molecule has 0 aliphatic carbocycles. The molecule has 0 radical (unpaired) electrons. The van der Waals surface area contributed by atoms with E-state index < -0.39 is 5.60 Å². The van der Waals surface area contributed by atoms with Gasteiger partial charge in [0, 0.05) is 30.5 Å². The molecule has 1 aromatic carbocycles. The minimum atomic E-state index is -0.956. The fourth-order valence-corrected chi connectivity index (χ4v) is 3.34. The van der Waals surface area contributed by atoms with E-state index in [0.29, 0.717) is 42.3 Å². The average Bonchev–Trinajstić information content (AvgIpc) is 2.82. The van der Waals surface area contributed by atoms with Crippen LogP contribution in [-0.4, -0.2) is 46.2 Å². The molecule has 1 atom stereocenters. The molecular weight excluding hydrogens is 352 g/mol. The highest BCUT2D eigenvalue weighted by atomic mass is 35.5. The van der Waals surface area contributed by atoms with Gasteiger partial charge < -0.3 is 14.7 Å². The standard InChI is InChI=1S/C20H23ClN2O3/c1-15-10-16(13-22-12-15)19(24)23-8-3-6-20(25,7-9-23)14-26-18-5-2-4-17(21)11-18/h2,4-5,10-13,25H,3,6-9,14H2,1H3. The van der Waals surface area contributed by atoms with E-state index in [2.05, 4.69) is 4.98 Å². The van der Waals surface area contributed by atoms with Gasteiger partial charge >= 0.3 is 0 Å². The number of aliphatic hydroxyl groups is 1. The molecule has 1 unspecified atom stereocenters. The van der Waals surface area contributed by atoms with Gasteiger partial charge in [-0.05, 0) is 56.0 Å². The Morgan fingerprint density at radius 1 is 1.31 bits per heavy atom. The van der Waals surface area contributed by atoms with Gasteiger partial charge in [0.2, 0.25) is 0 Å². The molecule has 26 heavy (non-hydrogen) atoms. The molecule has 0 spiro atoms. The number of carbonyl (C=O) groups is 1. The second-order valence-electron chi connectivity index (χ2n) is 6.87. The van der Waals surface area contributed by atoms with Crippen molar-refractivity contribution in [1.82, 2.24) is 9.88 Å². The summed E-state index contributed by atoms with van der Waals surface area (Å²) in [7, 11) is 0. The number of amides is 1. The lowest BCUT2D eigenvalue weighted by molar-refractivity contribution is -0.0163. The van der Waals surface area contributed by atoms with Crippen molar-refractivity contribution in [2.24, 2.45) is 0 Å². The molecule has 1 aliphatic heterocycles. The Bertz CT molecular complexity index is 783. The van der Waals surface area contributed by atoms with Gasteiger partial charge in [-0.15, -0.1) is 0 Å². The van der Waals surface area contributed by atoms with Crippen molar-refractivity contribution in [1.29, 1.82) is 0 Å². The molecule has 6 heteroatoms. The summed E-state index contributed by atoms with van der Waals surface area (Å²) >= 11 is 5.96. The van der Waals surface area contributed by atoms with Crippen LogP contribution >= 0.6 is 11.6 Å². The van der Waals surface area contributed by atoms with Gasteiger partial charge in [-0.2, -0.15) is 0 Å². The van der Waals surface area contributed by atoms with E-state index in [-0.39, 0.29) is 12.5 Å². The average molecular weight is 375 g/mol. The van der Waals surface area contributed by atoms with Crippen LogP contribution in [0.3, 0.4) is 0 Å². The fourth-order valence-electron chi connectivity index (χ4n) is 3.16. The Kier molecular flexibility index (Phi) is 5.79. The molecule has 2 aromatic rings. The number of likely N-dealkylation sites (tertiary alicyclic amines) is 1. The number of pyridine rings is 1. The van der Waals surface area contributed by atoms with Crippen molar-refractivity contribution in [3.05, 3.63) is 58.9 Å². The predicted octanol–water partition coefficient (Wildman–Crippen LogP) is 3.48. The van der Waals surface area contributed by atoms with Crippen molar-refractivity contribution in [3.8, 4) is 5.75 Å². The third kappa shape index (κ3) is 4.74. The maximum Gasteiger partial charge on any atom is 0.255 e. The lowest BCUT2D eigenvalue weighted by atomic mass is 9.96. The summed E-state index contributed by atoms with van der Waals surface area (Å²) in [4.78, 5) is 18.6. The summed E-state index contributed by atoms with van der Waals surface area (Å²) in [6.07, 6.45) is 5.10. The monoisotopic (exact) mass is 374 g/mol. The molecule has 138 valence electrons. The van der Waals surface area contributed by atoms with Crippen molar-refractivity contribution in [3.63, 3.8) is 0 Å². The molecule has 1 N–H and O–H groups in total. The second kappa shape index (κ2) is 8.06. The first kappa shape index (κ1) is 18.7. The van der Waals surface area contributed by atoms with Gasteiger partial charge in [-0.1, -0.05) is 17.7 Å². The van der Waals surface area contributed by atoms with E-state index in [4.69, 9.17) is 16.3 Å². The van der Waals surface area contributed by atoms with Gasteiger partial charge in [0.15, 0.2) is 0 Å². The Labute approximate surface area is 158 Å². The first-order chi connectivity index (χ1) is 12.5. The molecule has 1 amide bonds. The van der Waals surface area contributed by atoms with Crippen LogP contribution in [0.2, 0.25) is 5.02 Å². The number of rotatable bonds is 4. The van der Waals surface area contributed by atoms with Crippen molar-refractivity contribution < 1.29 is 14.6 Å². The van der Waals surface area contributed by atoms with Gasteiger partial charge in [-0.3, -0.25) is 9.78 Å². The molecule has 0 bridgehead atoms. The minimum absolute atomic E-state index is 0.0405. The lowest BCUT2D eigenvalue weighted by Gasteiger charge is -2.27. The molecule has 2 heterocycles. The van der Waals surface area contributed by atoms with Crippen LogP contribution in [0.1, 0.15) is 35.2 Å². The first-order valence-corrected chi connectivity index (χ1v) is 9.15. The SMILES string of the molecule is Cc1cncc(C(=O)N2CCCC(O)(COc3cccc(Cl)c3)CC2)c1.